The third-order valence-electron chi connectivity index (χ3n) is 4.11. The van der Waals surface area contributed by atoms with Crippen molar-refractivity contribution in [2.45, 2.75) is 32.5 Å². The van der Waals surface area contributed by atoms with Crippen molar-refractivity contribution < 1.29 is 19.1 Å². The van der Waals surface area contributed by atoms with Crippen molar-refractivity contribution in [3.05, 3.63) is 24.3 Å². The molecule has 25 heavy (non-hydrogen) atoms. The molecule has 1 aliphatic heterocycles. The Kier molecular flexibility index (Phi) is 6.78. The third-order valence-corrected chi connectivity index (χ3v) is 4.11. The van der Waals surface area contributed by atoms with Crippen LogP contribution in [0.1, 0.15) is 20.3 Å². The molecular formula is C18H27N3O4. The van der Waals surface area contributed by atoms with Gasteiger partial charge in [-0.05, 0) is 26.0 Å². The topological polar surface area (TPSA) is 85.1 Å². The number of morpholine rings is 1. The number of hydrogen-bond donors (Lipinski definition) is 1. The Morgan fingerprint density at radius 2 is 1.92 bits per heavy atom. The maximum Gasteiger partial charge on any atom is 0.241 e. The van der Waals surface area contributed by atoms with E-state index in [0.29, 0.717) is 24.5 Å². The highest BCUT2D eigenvalue weighted by atomic mass is 16.5. The van der Waals surface area contributed by atoms with Gasteiger partial charge in [-0.2, -0.15) is 0 Å². The Morgan fingerprint density at radius 1 is 1.28 bits per heavy atom. The molecule has 138 valence electrons. The molecule has 1 heterocycles. The molecule has 2 rings (SSSR count). The normalized spacial score (nSPS) is 20.9. The molecule has 1 aliphatic rings. The van der Waals surface area contributed by atoms with Crippen LogP contribution in [-0.2, 0) is 14.3 Å². The van der Waals surface area contributed by atoms with E-state index in [1.807, 2.05) is 32.0 Å². The number of nitrogens with zero attached hydrogens (tertiary/aromatic N) is 2. The fraction of sp³-hybridized carbons (Fsp3) is 0.556. The second-order valence-electron chi connectivity index (χ2n) is 6.38. The zero-order chi connectivity index (χ0) is 18.4. The van der Waals surface area contributed by atoms with Gasteiger partial charge in [0.15, 0.2) is 0 Å². The molecule has 0 bridgehead atoms. The number of benzene rings is 1. The summed E-state index contributed by atoms with van der Waals surface area (Å²) in [5, 5.41) is 0. The summed E-state index contributed by atoms with van der Waals surface area (Å²) >= 11 is 0. The number of hydrogen-bond acceptors (Lipinski definition) is 5. The zero-order valence-corrected chi connectivity index (χ0v) is 15.1. The number of primary amides is 1. The first kappa shape index (κ1) is 19.2. The lowest BCUT2D eigenvalue weighted by molar-refractivity contribution is -0.123. The van der Waals surface area contributed by atoms with E-state index in [4.69, 9.17) is 15.2 Å². The Balaban J connectivity index is 2.16. The van der Waals surface area contributed by atoms with Crippen molar-refractivity contribution in [1.82, 2.24) is 4.90 Å². The molecule has 0 spiro atoms. The molecule has 2 atom stereocenters. The van der Waals surface area contributed by atoms with Gasteiger partial charge in [-0.15, -0.1) is 0 Å². The smallest absolute Gasteiger partial charge is 0.241 e. The molecular weight excluding hydrogens is 322 g/mol. The average molecular weight is 349 g/mol. The lowest BCUT2D eigenvalue weighted by atomic mass is 10.2. The van der Waals surface area contributed by atoms with E-state index in [1.54, 1.807) is 18.1 Å². The fourth-order valence-electron chi connectivity index (χ4n) is 3.14. The standard InChI is InChI=1S/C18H27N3O4/c1-13-10-20(11-14(2)25-13)12-18(23)21(9-8-17(19)22)15-6-4-5-7-16(15)24-3/h4-7,13-14H,8-12H2,1-3H3,(H2,19,22)/t13-,14-/m1/s1. The second-order valence-corrected chi connectivity index (χ2v) is 6.38. The summed E-state index contributed by atoms with van der Waals surface area (Å²) in [4.78, 5) is 27.8. The van der Waals surface area contributed by atoms with Gasteiger partial charge in [0.1, 0.15) is 5.75 Å². The molecule has 2 N–H and O–H groups in total. The number of carbonyl (C=O) groups excluding carboxylic acids is 2. The molecule has 7 heteroatoms. The highest BCUT2D eigenvalue weighted by Crippen LogP contribution is 2.28. The van der Waals surface area contributed by atoms with Crippen LogP contribution in [0.4, 0.5) is 5.69 Å². The summed E-state index contributed by atoms with van der Waals surface area (Å²) in [7, 11) is 1.56. The molecule has 7 nitrogen and oxygen atoms in total. The highest BCUT2D eigenvalue weighted by molar-refractivity contribution is 5.96. The van der Waals surface area contributed by atoms with Crippen molar-refractivity contribution in [2.24, 2.45) is 5.73 Å². The van der Waals surface area contributed by atoms with Crippen LogP contribution in [0.3, 0.4) is 0 Å². The predicted octanol–water partition coefficient (Wildman–Crippen LogP) is 1.01. The van der Waals surface area contributed by atoms with Gasteiger partial charge in [0.05, 0.1) is 31.5 Å². The van der Waals surface area contributed by atoms with Crippen LogP contribution in [0.15, 0.2) is 24.3 Å². The number of amides is 2. The first-order valence-electron chi connectivity index (χ1n) is 8.50. The Morgan fingerprint density at radius 3 is 2.52 bits per heavy atom. The van der Waals surface area contributed by atoms with Crippen molar-refractivity contribution >= 4 is 17.5 Å². The second kappa shape index (κ2) is 8.82. The Bertz CT molecular complexity index is 598. The van der Waals surface area contributed by atoms with Crippen LogP contribution in [0, 0.1) is 0 Å². The average Bonchev–Trinajstić information content (AvgIpc) is 2.54. The van der Waals surface area contributed by atoms with E-state index >= 15 is 0 Å². The molecule has 1 aromatic rings. The lowest BCUT2D eigenvalue weighted by Gasteiger charge is -2.36. The number of methoxy groups -OCH3 is 1. The van der Waals surface area contributed by atoms with Gasteiger partial charge < -0.3 is 20.1 Å². The fourth-order valence-corrected chi connectivity index (χ4v) is 3.14. The van der Waals surface area contributed by atoms with Gasteiger partial charge in [-0.1, -0.05) is 12.1 Å². The molecule has 0 unspecified atom stereocenters. The summed E-state index contributed by atoms with van der Waals surface area (Å²) in [5.41, 5.74) is 5.92. The van der Waals surface area contributed by atoms with Crippen LogP contribution in [0.25, 0.3) is 0 Å². The van der Waals surface area contributed by atoms with Crippen molar-refractivity contribution in [1.29, 1.82) is 0 Å². The maximum absolute atomic E-state index is 12.9. The quantitative estimate of drug-likeness (QED) is 0.794. The molecule has 1 aromatic carbocycles. The summed E-state index contributed by atoms with van der Waals surface area (Å²) in [6, 6.07) is 7.27. The maximum atomic E-state index is 12.9. The van der Waals surface area contributed by atoms with Gasteiger partial charge >= 0.3 is 0 Å². The lowest BCUT2D eigenvalue weighted by Crippen LogP contribution is -2.50. The molecule has 0 aliphatic carbocycles. The first-order chi connectivity index (χ1) is 11.9. The van der Waals surface area contributed by atoms with Gasteiger partial charge in [0, 0.05) is 26.1 Å². The molecule has 1 saturated heterocycles. The SMILES string of the molecule is COc1ccccc1N(CCC(N)=O)C(=O)CN1C[C@@H](C)O[C@H](C)C1. The summed E-state index contributed by atoms with van der Waals surface area (Å²) in [6.45, 7) is 5.88. The number of rotatable bonds is 7. The summed E-state index contributed by atoms with van der Waals surface area (Å²) < 4.78 is 11.1. The number of carbonyl (C=O) groups is 2. The number of anilines is 1. The molecule has 0 aromatic heterocycles. The minimum atomic E-state index is -0.443. The number of nitrogens with two attached hydrogens (primary N) is 1. The van der Waals surface area contributed by atoms with Crippen LogP contribution < -0.4 is 15.4 Å². The van der Waals surface area contributed by atoms with E-state index in [-0.39, 0.29) is 37.6 Å². The Hall–Kier alpha value is -2.12. The van der Waals surface area contributed by atoms with E-state index < -0.39 is 5.91 Å². The van der Waals surface area contributed by atoms with E-state index in [2.05, 4.69) is 4.90 Å². The molecule has 0 radical (unpaired) electrons. The van der Waals surface area contributed by atoms with E-state index in [1.165, 1.54) is 0 Å². The molecule has 0 saturated carbocycles. The minimum Gasteiger partial charge on any atom is -0.495 e. The van der Waals surface area contributed by atoms with Crippen LogP contribution in [-0.4, -0.2) is 62.2 Å². The molecule has 2 amide bonds. The highest BCUT2D eigenvalue weighted by Gasteiger charge is 2.27. The van der Waals surface area contributed by atoms with Crippen LogP contribution in [0.2, 0.25) is 0 Å². The number of ether oxygens (including phenoxy) is 2. The predicted molar refractivity (Wildman–Crippen MR) is 95.6 cm³/mol. The number of para-hydroxylation sites is 2. The largest absolute Gasteiger partial charge is 0.495 e. The third kappa shape index (κ3) is 5.44. The van der Waals surface area contributed by atoms with Crippen LogP contribution >= 0.6 is 0 Å². The van der Waals surface area contributed by atoms with Gasteiger partial charge in [0.25, 0.3) is 0 Å². The van der Waals surface area contributed by atoms with Crippen molar-refractivity contribution in [3.63, 3.8) is 0 Å². The van der Waals surface area contributed by atoms with Gasteiger partial charge in [-0.25, -0.2) is 0 Å². The first-order valence-corrected chi connectivity index (χ1v) is 8.50. The van der Waals surface area contributed by atoms with Gasteiger partial charge in [-0.3, -0.25) is 14.5 Å². The Labute approximate surface area is 148 Å². The van der Waals surface area contributed by atoms with Crippen molar-refractivity contribution in [2.75, 3.05) is 38.2 Å². The van der Waals surface area contributed by atoms with E-state index in [0.717, 1.165) is 0 Å². The summed E-state index contributed by atoms with van der Waals surface area (Å²) in [6.07, 6.45) is 0.267. The van der Waals surface area contributed by atoms with E-state index in [9.17, 15) is 9.59 Å². The van der Waals surface area contributed by atoms with Crippen LogP contribution in [0.5, 0.6) is 5.75 Å². The summed E-state index contributed by atoms with van der Waals surface area (Å²) in [5.74, 6) is 0.0531. The molecule has 1 fully saturated rings. The zero-order valence-electron chi connectivity index (χ0n) is 15.1. The monoisotopic (exact) mass is 349 g/mol. The minimum absolute atomic E-state index is 0.0851. The van der Waals surface area contributed by atoms with Crippen molar-refractivity contribution in [3.8, 4) is 5.75 Å². The van der Waals surface area contributed by atoms with Gasteiger partial charge in [0.2, 0.25) is 11.8 Å².